The Morgan fingerprint density at radius 3 is 2.33 bits per heavy atom. The van der Waals surface area contributed by atoms with E-state index in [1.54, 1.807) is 0 Å². The summed E-state index contributed by atoms with van der Waals surface area (Å²) < 4.78 is 0. The summed E-state index contributed by atoms with van der Waals surface area (Å²) >= 11 is 0. The Balaban J connectivity index is 2.86. The van der Waals surface area contributed by atoms with Crippen LogP contribution < -0.4 is 5.73 Å². The highest BCUT2D eigenvalue weighted by Crippen LogP contribution is 2.25. The van der Waals surface area contributed by atoms with Crippen LogP contribution in [0.15, 0.2) is 18.2 Å². The molecule has 0 spiro atoms. The molecule has 102 valence electrons. The van der Waals surface area contributed by atoms with Gasteiger partial charge in [-0.05, 0) is 54.7 Å². The molecular formula is C17H29N. The molecule has 1 aromatic carbocycles. The lowest BCUT2D eigenvalue weighted by Crippen LogP contribution is -2.15. The highest BCUT2D eigenvalue weighted by molar-refractivity contribution is 5.35. The number of hydrogen-bond donors (Lipinski definition) is 1. The van der Waals surface area contributed by atoms with Gasteiger partial charge < -0.3 is 5.73 Å². The molecule has 2 N–H and O–H groups in total. The summed E-state index contributed by atoms with van der Waals surface area (Å²) in [6.45, 7) is 11.2. The van der Waals surface area contributed by atoms with E-state index in [0.717, 1.165) is 19.3 Å². The molecule has 0 aliphatic carbocycles. The van der Waals surface area contributed by atoms with E-state index in [1.807, 2.05) is 0 Å². The van der Waals surface area contributed by atoms with Gasteiger partial charge in [0.1, 0.15) is 0 Å². The minimum absolute atomic E-state index is 0.238. The van der Waals surface area contributed by atoms with Crippen LogP contribution >= 0.6 is 0 Å². The first-order chi connectivity index (χ1) is 8.34. The van der Waals surface area contributed by atoms with Gasteiger partial charge in [-0.15, -0.1) is 0 Å². The van der Waals surface area contributed by atoms with E-state index < -0.39 is 0 Å². The van der Waals surface area contributed by atoms with Crippen molar-refractivity contribution in [1.82, 2.24) is 0 Å². The minimum Gasteiger partial charge on any atom is -0.328 e. The zero-order valence-corrected chi connectivity index (χ0v) is 12.7. The van der Waals surface area contributed by atoms with Gasteiger partial charge >= 0.3 is 0 Å². The Bertz CT molecular complexity index is 372. The molecule has 1 unspecified atom stereocenters. The molecular weight excluding hydrogens is 218 g/mol. The Kier molecular flexibility index (Phi) is 5.40. The van der Waals surface area contributed by atoms with Crippen molar-refractivity contribution in [3.63, 3.8) is 0 Å². The molecule has 18 heavy (non-hydrogen) atoms. The van der Waals surface area contributed by atoms with Crippen molar-refractivity contribution < 1.29 is 0 Å². The fraction of sp³-hybridized carbons (Fsp3) is 0.647. The number of nitrogens with two attached hydrogens (primary N) is 1. The van der Waals surface area contributed by atoms with Gasteiger partial charge in [-0.25, -0.2) is 0 Å². The van der Waals surface area contributed by atoms with Crippen LogP contribution in [0.1, 0.15) is 64.2 Å². The first-order valence-corrected chi connectivity index (χ1v) is 7.22. The smallest absolute Gasteiger partial charge is 0.00105 e. The molecule has 0 saturated carbocycles. The predicted octanol–water partition coefficient (Wildman–Crippen LogP) is 4.22. The normalized spacial score (nSPS) is 13.7. The van der Waals surface area contributed by atoms with Crippen LogP contribution in [0.4, 0.5) is 0 Å². The first kappa shape index (κ1) is 15.2. The van der Waals surface area contributed by atoms with E-state index in [0.29, 0.717) is 6.04 Å². The van der Waals surface area contributed by atoms with Crippen LogP contribution in [0, 0.1) is 0 Å². The van der Waals surface area contributed by atoms with Crippen molar-refractivity contribution in [3.8, 4) is 0 Å². The van der Waals surface area contributed by atoms with Crippen molar-refractivity contribution in [2.24, 2.45) is 5.73 Å². The Hall–Kier alpha value is -0.820. The SMILES string of the molecule is CCc1ccc(C(C)(C)C)cc1CCCC(C)N. The third kappa shape index (κ3) is 4.45. The molecule has 1 atom stereocenters. The van der Waals surface area contributed by atoms with Gasteiger partial charge in [0, 0.05) is 6.04 Å². The van der Waals surface area contributed by atoms with Gasteiger partial charge in [-0.1, -0.05) is 45.9 Å². The molecule has 0 aromatic heterocycles. The third-order valence-corrected chi connectivity index (χ3v) is 3.56. The van der Waals surface area contributed by atoms with E-state index in [2.05, 4.69) is 52.8 Å². The van der Waals surface area contributed by atoms with Gasteiger partial charge in [0.2, 0.25) is 0 Å². The monoisotopic (exact) mass is 247 g/mol. The summed E-state index contributed by atoms with van der Waals surface area (Å²) in [5.41, 5.74) is 10.5. The molecule has 1 heteroatoms. The maximum atomic E-state index is 5.83. The fourth-order valence-corrected chi connectivity index (χ4v) is 2.28. The molecule has 1 aromatic rings. The maximum Gasteiger partial charge on any atom is 0.00105 e. The molecule has 0 fully saturated rings. The summed E-state index contributed by atoms with van der Waals surface area (Å²) in [6.07, 6.45) is 4.59. The van der Waals surface area contributed by atoms with E-state index in [-0.39, 0.29) is 5.41 Å². The number of benzene rings is 1. The summed E-state index contributed by atoms with van der Waals surface area (Å²) in [4.78, 5) is 0. The van der Waals surface area contributed by atoms with E-state index in [9.17, 15) is 0 Å². The Labute approximate surface area is 113 Å². The third-order valence-electron chi connectivity index (χ3n) is 3.56. The van der Waals surface area contributed by atoms with Gasteiger partial charge in [0.25, 0.3) is 0 Å². The highest BCUT2D eigenvalue weighted by Gasteiger charge is 2.15. The second kappa shape index (κ2) is 6.38. The average Bonchev–Trinajstić information content (AvgIpc) is 2.27. The van der Waals surface area contributed by atoms with Crippen molar-refractivity contribution in [3.05, 3.63) is 34.9 Å². The Morgan fingerprint density at radius 1 is 1.17 bits per heavy atom. The van der Waals surface area contributed by atoms with Crippen LogP contribution in [-0.2, 0) is 18.3 Å². The van der Waals surface area contributed by atoms with Crippen LogP contribution in [0.5, 0.6) is 0 Å². The van der Waals surface area contributed by atoms with Crippen molar-refractivity contribution in [2.45, 2.75) is 71.8 Å². The lowest BCUT2D eigenvalue weighted by molar-refractivity contribution is 0.586. The number of aryl methyl sites for hydroxylation is 2. The van der Waals surface area contributed by atoms with Crippen LogP contribution in [0.2, 0.25) is 0 Å². The van der Waals surface area contributed by atoms with E-state index in [1.165, 1.54) is 23.1 Å². The van der Waals surface area contributed by atoms with Crippen LogP contribution in [0.25, 0.3) is 0 Å². The fourth-order valence-electron chi connectivity index (χ4n) is 2.28. The molecule has 0 heterocycles. The summed E-state index contributed by atoms with van der Waals surface area (Å²) in [5.74, 6) is 0. The first-order valence-electron chi connectivity index (χ1n) is 7.22. The van der Waals surface area contributed by atoms with Crippen LogP contribution in [-0.4, -0.2) is 6.04 Å². The Morgan fingerprint density at radius 2 is 1.83 bits per heavy atom. The zero-order chi connectivity index (χ0) is 13.8. The summed E-state index contributed by atoms with van der Waals surface area (Å²) in [6, 6.07) is 7.32. The van der Waals surface area contributed by atoms with Gasteiger partial charge in [0.05, 0.1) is 0 Å². The largest absolute Gasteiger partial charge is 0.328 e. The number of rotatable bonds is 5. The second-order valence-corrected chi connectivity index (χ2v) is 6.46. The molecule has 0 saturated heterocycles. The molecule has 0 aliphatic heterocycles. The topological polar surface area (TPSA) is 26.0 Å². The molecule has 1 nitrogen and oxygen atoms in total. The van der Waals surface area contributed by atoms with E-state index >= 15 is 0 Å². The molecule has 0 radical (unpaired) electrons. The molecule has 0 bridgehead atoms. The van der Waals surface area contributed by atoms with Gasteiger partial charge in [-0.3, -0.25) is 0 Å². The minimum atomic E-state index is 0.238. The quantitative estimate of drug-likeness (QED) is 0.828. The van der Waals surface area contributed by atoms with Gasteiger partial charge in [0.15, 0.2) is 0 Å². The molecule has 1 rings (SSSR count). The van der Waals surface area contributed by atoms with E-state index in [4.69, 9.17) is 5.73 Å². The zero-order valence-electron chi connectivity index (χ0n) is 12.7. The van der Waals surface area contributed by atoms with Crippen LogP contribution in [0.3, 0.4) is 0 Å². The van der Waals surface area contributed by atoms with Gasteiger partial charge in [-0.2, -0.15) is 0 Å². The number of hydrogen-bond acceptors (Lipinski definition) is 1. The lowest BCUT2D eigenvalue weighted by atomic mass is 9.84. The highest BCUT2D eigenvalue weighted by atomic mass is 14.6. The average molecular weight is 247 g/mol. The second-order valence-electron chi connectivity index (χ2n) is 6.46. The van der Waals surface area contributed by atoms with Crippen molar-refractivity contribution in [2.75, 3.05) is 0 Å². The summed E-state index contributed by atoms with van der Waals surface area (Å²) in [5, 5.41) is 0. The predicted molar refractivity (Wildman–Crippen MR) is 81.1 cm³/mol. The molecule has 0 aliphatic rings. The lowest BCUT2D eigenvalue weighted by Gasteiger charge is -2.21. The standard InChI is InChI=1S/C17H29N/c1-6-14-10-11-16(17(3,4)5)12-15(14)9-7-8-13(2)18/h10-13H,6-9,18H2,1-5H3. The summed E-state index contributed by atoms with van der Waals surface area (Å²) in [7, 11) is 0. The van der Waals surface area contributed by atoms with Crippen molar-refractivity contribution >= 4 is 0 Å². The maximum absolute atomic E-state index is 5.83. The molecule has 0 amide bonds. The van der Waals surface area contributed by atoms with Crippen molar-refractivity contribution in [1.29, 1.82) is 0 Å².